The fourth-order valence-electron chi connectivity index (χ4n) is 3.50. The van der Waals surface area contributed by atoms with Gasteiger partial charge in [0.05, 0.1) is 16.7 Å². The van der Waals surface area contributed by atoms with Gasteiger partial charge in [-0.3, -0.25) is 9.59 Å². The van der Waals surface area contributed by atoms with Crippen LogP contribution in [0.4, 0.5) is 4.39 Å². The number of nitrogens with zero attached hydrogens (tertiary/aromatic N) is 4. The molecule has 4 rings (SSSR count). The van der Waals surface area contributed by atoms with Crippen molar-refractivity contribution in [3.05, 3.63) is 94.2 Å². The maximum atomic E-state index is 13.5. The Kier molecular flexibility index (Phi) is 6.84. The number of hydrogen-bond acceptors (Lipinski definition) is 5. The molecular formula is C25H23FN4O2S. The van der Waals surface area contributed by atoms with Gasteiger partial charge in [-0.1, -0.05) is 36.0 Å². The number of fused-ring (bicyclic) bond motifs is 1. The molecule has 2 aromatic carbocycles. The number of pyridine rings is 1. The Balaban J connectivity index is 1.64. The van der Waals surface area contributed by atoms with Crippen LogP contribution in [0.1, 0.15) is 18.1 Å². The molecule has 0 aliphatic carbocycles. The number of rotatable bonds is 7. The number of aromatic nitrogens is 3. The van der Waals surface area contributed by atoms with Crippen LogP contribution in [0.15, 0.2) is 76.8 Å². The van der Waals surface area contributed by atoms with Crippen molar-refractivity contribution in [1.82, 2.24) is 19.4 Å². The molecule has 0 N–H and O–H groups in total. The smallest absolute Gasteiger partial charge is 0.267 e. The Hall–Kier alpha value is -3.52. The van der Waals surface area contributed by atoms with E-state index in [0.29, 0.717) is 35.0 Å². The van der Waals surface area contributed by atoms with Gasteiger partial charge in [-0.25, -0.2) is 18.9 Å². The second-order valence-electron chi connectivity index (χ2n) is 7.57. The predicted molar refractivity (Wildman–Crippen MR) is 128 cm³/mol. The Morgan fingerprint density at radius 3 is 2.70 bits per heavy atom. The quantitative estimate of drug-likeness (QED) is 0.301. The summed E-state index contributed by atoms with van der Waals surface area (Å²) in [5.74, 6) is 0.0818. The SMILES string of the molecule is CCN(Cc1cccc(F)c1)C(=O)CSc1nc2ccccc2c(=O)n1-c1cc(C)ccn1. The number of benzene rings is 2. The first-order chi connectivity index (χ1) is 16.0. The molecule has 1 amide bonds. The Morgan fingerprint density at radius 1 is 1.12 bits per heavy atom. The molecule has 2 heterocycles. The molecule has 2 aromatic heterocycles. The summed E-state index contributed by atoms with van der Waals surface area (Å²) in [6.07, 6.45) is 1.64. The van der Waals surface area contributed by atoms with Crippen molar-refractivity contribution in [2.75, 3.05) is 12.3 Å². The lowest BCUT2D eigenvalue weighted by molar-refractivity contribution is -0.128. The fourth-order valence-corrected chi connectivity index (χ4v) is 4.41. The summed E-state index contributed by atoms with van der Waals surface area (Å²) < 4.78 is 15.0. The van der Waals surface area contributed by atoms with Crippen molar-refractivity contribution in [3.63, 3.8) is 0 Å². The summed E-state index contributed by atoms with van der Waals surface area (Å²) in [6.45, 7) is 4.59. The highest BCUT2D eigenvalue weighted by Gasteiger charge is 2.18. The minimum Gasteiger partial charge on any atom is -0.338 e. The van der Waals surface area contributed by atoms with Crippen LogP contribution in [-0.2, 0) is 11.3 Å². The number of para-hydroxylation sites is 1. The third kappa shape index (κ3) is 5.12. The van der Waals surface area contributed by atoms with Gasteiger partial charge in [0, 0.05) is 19.3 Å². The van der Waals surface area contributed by atoms with E-state index < -0.39 is 0 Å². The monoisotopic (exact) mass is 462 g/mol. The highest BCUT2D eigenvalue weighted by molar-refractivity contribution is 7.99. The molecule has 0 fully saturated rings. The number of amides is 1. The topological polar surface area (TPSA) is 68.1 Å². The van der Waals surface area contributed by atoms with Crippen LogP contribution >= 0.6 is 11.8 Å². The van der Waals surface area contributed by atoms with Gasteiger partial charge >= 0.3 is 0 Å². The molecular weight excluding hydrogens is 439 g/mol. The summed E-state index contributed by atoms with van der Waals surface area (Å²) in [4.78, 5) is 36.9. The number of halogens is 1. The largest absolute Gasteiger partial charge is 0.338 e. The van der Waals surface area contributed by atoms with Gasteiger partial charge in [0.25, 0.3) is 5.56 Å². The molecule has 0 atom stereocenters. The van der Waals surface area contributed by atoms with Crippen LogP contribution in [0.25, 0.3) is 16.7 Å². The highest BCUT2D eigenvalue weighted by Crippen LogP contribution is 2.22. The van der Waals surface area contributed by atoms with Gasteiger partial charge in [-0.2, -0.15) is 0 Å². The maximum absolute atomic E-state index is 13.5. The maximum Gasteiger partial charge on any atom is 0.267 e. The lowest BCUT2D eigenvalue weighted by Gasteiger charge is -2.21. The third-order valence-corrected chi connectivity index (χ3v) is 6.12. The van der Waals surface area contributed by atoms with E-state index >= 15 is 0 Å². The molecule has 168 valence electrons. The molecule has 0 unspecified atom stereocenters. The molecule has 4 aromatic rings. The van der Waals surface area contributed by atoms with E-state index in [4.69, 9.17) is 0 Å². The molecule has 0 bridgehead atoms. The Morgan fingerprint density at radius 2 is 1.94 bits per heavy atom. The molecule has 0 spiro atoms. The zero-order valence-corrected chi connectivity index (χ0v) is 19.2. The van der Waals surface area contributed by atoms with Crippen LogP contribution in [0.3, 0.4) is 0 Å². The highest BCUT2D eigenvalue weighted by atomic mass is 32.2. The van der Waals surface area contributed by atoms with Crippen molar-refractivity contribution in [2.45, 2.75) is 25.5 Å². The molecule has 0 aliphatic rings. The number of thioether (sulfide) groups is 1. The van der Waals surface area contributed by atoms with E-state index in [-0.39, 0.29) is 23.0 Å². The van der Waals surface area contributed by atoms with E-state index in [0.717, 1.165) is 11.1 Å². The van der Waals surface area contributed by atoms with Crippen molar-refractivity contribution in [1.29, 1.82) is 0 Å². The number of aryl methyl sites for hydroxylation is 1. The average Bonchev–Trinajstić information content (AvgIpc) is 2.81. The van der Waals surface area contributed by atoms with Crippen LogP contribution in [-0.4, -0.2) is 37.6 Å². The predicted octanol–water partition coefficient (Wildman–Crippen LogP) is 4.37. The summed E-state index contributed by atoms with van der Waals surface area (Å²) in [5.41, 5.74) is 2.01. The Bertz CT molecular complexity index is 1370. The minimum atomic E-state index is -0.333. The lowest BCUT2D eigenvalue weighted by Crippen LogP contribution is -2.32. The van der Waals surface area contributed by atoms with Crippen molar-refractivity contribution < 1.29 is 9.18 Å². The summed E-state index contributed by atoms with van der Waals surface area (Å²) in [6, 6.07) is 17.0. The standard InChI is InChI=1S/C25H23FN4O2S/c1-3-29(15-18-7-6-8-19(26)14-18)23(31)16-33-25-28-21-10-5-4-9-20(21)24(32)30(25)22-13-17(2)11-12-27-22/h4-14H,3,15-16H2,1-2H3. The fraction of sp³-hybridized carbons (Fsp3) is 0.200. The van der Waals surface area contributed by atoms with E-state index in [1.54, 1.807) is 41.4 Å². The molecule has 6 nitrogen and oxygen atoms in total. The van der Waals surface area contributed by atoms with Gasteiger partial charge in [0.1, 0.15) is 11.6 Å². The van der Waals surface area contributed by atoms with E-state index in [1.165, 1.54) is 28.5 Å². The summed E-state index contributed by atoms with van der Waals surface area (Å²) >= 11 is 1.19. The molecule has 0 aliphatic heterocycles. The molecule has 0 radical (unpaired) electrons. The second kappa shape index (κ2) is 9.95. The summed E-state index contributed by atoms with van der Waals surface area (Å²) in [5, 5.41) is 0.879. The zero-order valence-electron chi connectivity index (χ0n) is 18.4. The van der Waals surface area contributed by atoms with Crippen LogP contribution in [0, 0.1) is 12.7 Å². The van der Waals surface area contributed by atoms with E-state index in [1.807, 2.05) is 32.0 Å². The van der Waals surface area contributed by atoms with Gasteiger partial charge in [-0.05, 0) is 61.4 Å². The van der Waals surface area contributed by atoms with Gasteiger partial charge in [-0.15, -0.1) is 0 Å². The van der Waals surface area contributed by atoms with Crippen molar-refractivity contribution in [2.24, 2.45) is 0 Å². The first kappa shape index (κ1) is 22.7. The average molecular weight is 463 g/mol. The molecule has 8 heteroatoms. The van der Waals surface area contributed by atoms with E-state index in [9.17, 15) is 14.0 Å². The summed E-state index contributed by atoms with van der Waals surface area (Å²) in [7, 11) is 0. The molecule has 0 saturated carbocycles. The number of hydrogen-bond donors (Lipinski definition) is 0. The normalized spacial score (nSPS) is 11.0. The van der Waals surface area contributed by atoms with Crippen LogP contribution < -0.4 is 5.56 Å². The third-order valence-electron chi connectivity index (χ3n) is 5.20. The molecule has 0 saturated heterocycles. The van der Waals surface area contributed by atoms with Gasteiger partial charge < -0.3 is 4.90 Å². The lowest BCUT2D eigenvalue weighted by atomic mass is 10.2. The van der Waals surface area contributed by atoms with Crippen LogP contribution in [0.2, 0.25) is 0 Å². The van der Waals surface area contributed by atoms with Gasteiger partial charge in [0.15, 0.2) is 5.16 Å². The Labute approximate surface area is 195 Å². The van der Waals surface area contributed by atoms with Gasteiger partial charge in [0.2, 0.25) is 5.91 Å². The molecule has 33 heavy (non-hydrogen) atoms. The minimum absolute atomic E-state index is 0.0831. The number of carbonyl (C=O) groups is 1. The number of carbonyl (C=O) groups excluding carboxylic acids is 1. The van der Waals surface area contributed by atoms with Crippen LogP contribution in [0.5, 0.6) is 0 Å². The van der Waals surface area contributed by atoms with E-state index in [2.05, 4.69) is 9.97 Å². The first-order valence-electron chi connectivity index (χ1n) is 10.6. The second-order valence-corrected chi connectivity index (χ2v) is 8.51. The first-order valence-corrected chi connectivity index (χ1v) is 11.5. The zero-order chi connectivity index (χ0) is 23.4. The van der Waals surface area contributed by atoms with Crippen molar-refractivity contribution >= 4 is 28.6 Å². The van der Waals surface area contributed by atoms with Crippen molar-refractivity contribution in [3.8, 4) is 5.82 Å².